The molecule has 0 aromatic heterocycles. The van der Waals surface area contributed by atoms with Crippen LogP contribution in [0.4, 0.5) is 4.79 Å². The summed E-state index contributed by atoms with van der Waals surface area (Å²) in [5.74, 6) is -1.45. The van der Waals surface area contributed by atoms with E-state index in [4.69, 9.17) is 9.47 Å². The molecule has 10 nitrogen and oxygen atoms in total. The molecule has 0 spiro atoms. The highest BCUT2D eigenvalue weighted by atomic mass is 32.2. The van der Waals surface area contributed by atoms with Crippen LogP contribution in [0, 0.1) is 0 Å². The number of carbonyl (C=O) groups is 3. The number of sulfonamides is 1. The molecule has 184 valence electrons. The number of ether oxygens (including phenoxy) is 2. The Morgan fingerprint density at radius 2 is 1.53 bits per heavy atom. The summed E-state index contributed by atoms with van der Waals surface area (Å²) in [6, 6.07) is 16.5. The van der Waals surface area contributed by atoms with E-state index in [9.17, 15) is 22.8 Å². The molecule has 11 heteroatoms. The summed E-state index contributed by atoms with van der Waals surface area (Å²) in [5.41, 5.74) is -0.0246. The van der Waals surface area contributed by atoms with E-state index in [-0.39, 0.29) is 11.5 Å². The number of hydrogen-bond acceptors (Lipinski definition) is 7. The van der Waals surface area contributed by atoms with E-state index in [1.165, 1.54) is 12.1 Å². The highest BCUT2D eigenvalue weighted by Crippen LogP contribution is 2.11. The molecule has 0 radical (unpaired) electrons. The minimum atomic E-state index is -4.05. The van der Waals surface area contributed by atoms with Crippen LogP contribution in [-0.2, 0) is 35.7 Å². The van der Waals surface area contributed by atoms with Crippen molar-refractivity contribution in [2.24, 2.45) is 0 Å². The van der Waals surface area contributed by atoms with E-state index in [2.05, 4.69) is 15.4 Å². The molecule has 2 amide bonds. The van der Waals surface area contributed by atoms with Crippen molar-refractivity contribution in [3.8, 4) is 0 Å². The van der Waals surface area contributed by atoms with Gasteiger partial charge >= 0.3 is 12.1 Å². The molecule has 2 rings (SSSR count). The van der Waals surface area contributed by atoms with Crippen LogP contribution in [0.3, 0.4) is 0 Å². The van der Waals surface area contributed by atoms with E-state index in [0.717, 1.165) is 5.56 Å². The molecule has 34 heavy (non-hydrogen) atoms. The van der Waals surface area contributed by atoms with Gasteiger partial charge in [-0.3, -0.25) is 9.59 Å². The smallest absolute Gasteiger partial charge is 0.407 e. The molecule has 0 saturated heterocycles. The second kappa shape index (κ2) is 12.1. The number of hydrogen-bond donors (Lipinski definition) is 3. The molecule has 0 aliphatic carbocycles. The summed E-state index contributed by atoms with van der Waals surface area (Å²) in [5, 5.41) is 4.67. The zero-order valence-corrected chi connectivity index (χ0v) is 20.1. The molecule has 3 N–H and O–H groups in total. The number of alkyl carbamates (subject to hydrolysis) is 1. The van der Waals surface area contributed by atoms with Gasteiger partial charge in [-0.2, -0.15) is 4.72 Å². The fourth-order valence-corrected chi connectivity index (χ4v) is 3.87. The summed E-state index contributed by atoms with van der Waals surface area (Å²) in [7, 11) is -4.05. The van der Waals surface area contributed by atoms with Crippen molar-refractivity contribution in [1.29, 1.82) is 0 Å². The van der Waals surface area contributed by atoms with Crippen molar-refractivity contribution in [2.45, 2.75) is 50.5 Å². The Kier molecular flexibility index (Phi) is 9.58. The predicted molar refractivity (Wildman–Crippen MR) is 124 cm³/mol. The first-order valence-corrected chi connectivity index (χ1v) is 12.0. The fraction of sp³-hybridized carbons (Fsp3) is 0.348. The van der Waals surface area contributed by atoms with Crippen molar-refractivity contribution in [3.63, 3.8) is 0 Å². The Balaban J connectivity index is 1.97. The lowest BCUT2D eigenvalue weighted by Crippen LogP contribution is -2.51. The van der Waals surface area contributed by atoms with Crippen molar-refractivity contribution >= 4 is 28.0 Å². The third-order valence-electron chi connectivity index (χ3n) is 4.08. The molecule has 0 saturated carbocycles. The number of carbonyl (C=O) groups excluding carboxylic acids is 3. The van der Waals surface area contributed by atoms with Crippen LogP contribution >= 0.6 is 0 Å². The van der Waals surface area contributed by atoms with Gasteiger partial charge in [0.15, 0.2) is 0 Å². The summed E-state index contributed by atoms with van der Waals surface area (Å²) >= 11 is 0. The molecule has 2 aromatic rings. The molecule has 0 fully saturated rings. The van der Waals surface area contributed by atoms with Crippen LogP contribution in [0.1, 0.15) is 32.8 Å². The lowest BCUT2D eigenvalue weighted by atomic mass is 10.2. The predicted octanol–water partition coefficient (Wildman–Crippen LogP) is 2.07. The van der Waals surface area contributed by atoms with Gasteiger partial charge in [0.25, 0.3) is 0 Å². The third-order valence-corrected chi connectivity index (χ3v) is 5.57. The van der Waals surface area contributed by atoms with Crippen LogP contribution in [-0.4, -0.2) is 44.7 Å². The lowest BCUT2D eigenvalue weighted by Gasteiger charge is -2.23. The monoisotopic (exact) mass is 491 g/mol. The topological polar surface area (TPSA) is 140 Å². The Bertz CT molecular complexity index is 1070. The zero-order chi connectivity index (χ0) is 25.2. The number of benzene rings is 2. The van der Waals surface area contributed by atoms with Crippen LogP contribution in [0.5, 0.6) is 0 Å². The van der Waals surface area contributed by atoms with Gasteiger partial charge < -0.3 is 20.1 Å². The van der Waals surface area contributed by atoms with Gasteiger partial charge in [-0.25, -0.2) is 13.2 Å². The number of esters is 1. The maximum atomic E-state index is 12.7. The van der Waals surface area contributed by atoms with Crippen molar-refractivity contribution in [3.05, 3.63) is 66.2 Å². The molecule has 1 atom stereocenters. The third kappa shape index (κ3) is 10.0. The molecule has 0 heterocycles. The quantitative estimate of drug-likeness (QED) is 0.341. The second-order valence-electron chi connectivity index (χ2n) is 8.26. The first-order valence-electron chi connectivity index (χ1n) is 10.5. The van der Waals surface area contributed by atoms with Crippen LogP contribution < -0.4 is 15.4 Å². The molecule has 0 aliphatic rings. The molecular weight excluding hydrogens is 462 g/mol. The van der Waals surface area contributed by atoms with Gasteiger partial charge in [-0.05, 0) is 38.5 Å². The van der Waals surface area contributed by atoms with Crippen LogP contribution in [0.15, 0.2) is 65.6 Å². The average molecular weight is 492 g/mol. The van der Waals surface area contributed by atoms with Crippen molar-refractivity contribution < 1.29 is 32.3 Å². The van der Waals surface area contributed by atoms with E-state index >= 15 is 0 Å². The Morgan fingerprint density at radius 1 is 0.941 bits per heavy atom. The Labute approximate surface area is 199 Å². The van der Waals surface area contributed by atoms with Crippen molar-refractivity contribution in [2.75, 3.05) is 6.54 Å². The van der Waals surface area contributed by atoms with Gasteiger partial charge in [0.2, 0.25) is 15.9 Å². The maximum Gasteiger partial charge on any atom is 0.407 e. The molecule has 0 aliphatic heterocycles. The largest absolute Gasteiger partial charge is 0.460 e. The molecule has 0 unspecified atom stereocenters. The summed E-state index contributed by atoms with van der Waals surface area (Å²) < 4.78 is 37.9. The number of amides is 2. The Morgan fingerprint density at radius 3 is 2.12 bits per heavy atom. The van der Waals surface area contributed by atoms with Gasteiger partial charge in [-0.15, -0.1) is 0 Å². The van der Waals surface area contributed by atoms with Crippen LogP contribution in [0.2, 0.25) is 0 Å². The van der Waals surface area contributed by atoms with E-state index in [1.54, 1.807) is 63.2 Å². The maximum absolute atomic E-state index is 12.7. The first-order chi connectivity index (χ1) is 15.9. The highest BCUT2D eigenvalue weighted by Gasteiger charge is 2.26. The summed E-state index contributed by atoms with van der Waals surface area (Å²) in [4.78, 5) is 36.4. The van der Waals surface area contributed by atoms with Crippen molar-refractivity contribution in [1.82, 2.24) is 15.4 Å². The second-order valence-corrected chi connectivity index (χ2v) is 9.97. The minimum Gasteiger partial charge on any atom is -0.460 e. The van der Waals surface area contributed by atoms with Gasteiger partial charge in [0.1, 0.15) is 24.9 Å². The molecule has 0 bridgehead atoms. The zero-order valence-electron chi connectivity index (χ0n) is 19.2. The fourth-order valence-electron chi connectivity index (χ4n) is 2.70. The lowest BCUT2D eigenvalue weighted by molar-refractivity contribution is -0.155. The summed E-state index contributed by atoms with van der Waals surface area (Å²) in [6.45, 7) is 4.52. The van der Waals surface area contributed by atoms with Gasteiger partial charge in [0.05, 0.1) is 11.3 Å². The van der Waals surface area contributed by atoms with E-state index in [1.807, 2.05) is 6.07 Å². The normalized spacial score (nSPS) is 12.3. The summed E-state index contributed by atoms with van der Waals surface area (Å²) in [6.07, 6.45) is -2.60. The first kappa shape index (κ1) is 26.8. The number of rotatable bonds is 10. The molecular formula is C23H29N3O7S. The average Bonchev–Trinajstić information content (AvgIpc) is 2.76. The van der Waals surface area contributed by atoms with E-state index in [0.29, 0.717) is 0 Å². The number of nitrogens with one attached hydrogen (secondary N) is 3. The molecule has 2 aromatic carbocycles. The van der Waals surface area contributed by atoms with Gasteiger partial charge in [0, 0.05) is 0 Å². The standard InChI is InChI=1S/C23H29N3O7S/c1-23(2,3)33-21(28)14-19(26-34(30,31)18-12-8-5-9-13-18)25-20(27)15-24-22(29)32-16-17-10-6-4-7-11-17/h4-13,19,26H,14-16H2,1-3H3,(H,24,29)(H,25,27)/t19-/m0/s1. The van der Waals surface area contributed by atoms with E-state index < -0.39 is 52.7 Å². The SMILES string of the molecule is CC(C)(C)OC(=O)C[C@@H](NC(=O)CNC(=O)OCc1ccccc1)NS(=O)(=O)c1ccccc1. The highest BCUT2D eigenvalue weighted by molar-refractivity contribution is 7.89. The minimum absolute atomic E-state index is 0.0203. The Hall–Kier alpha value is -3.44. The van der Waals surface area contributed by atoms with Gasteiger partial charge in [-0.1, -0.05) is 48.5 Å². The van der Waals surface area contributed by atoms with Crippen LogP contribution in [0.25, 0.3) is 0 Å².